The first-order chi connectivity index (χ1) is 9.64. The van der Waals surface area contributed by atoms with Gasteiger partial charge in [0, 0.05) is 18.4 Å². The molecule has 0 radical (unpaired) electrons. The van der Waals surface area contributed by atoms with Gasteiger partial charge in [0.2, 0.25) is 11.7 Å². The summed E-state index contributed by atoms with van der Waals surface area (Å²) in [6.45, 7) is 2.07. The van der Waals surface area contributed by atoms with Crippen LogP contribution in [0.1, 0.15) is 31.2 Å². The van der Waals surface area contributed by atoms with Crippen molar-refractivity contribution in [1.82, 2.24) is 5.32 Å². The monoisotopic (exact) mass is 279 g/mol. The molecule has 1 amide bonds. The summed E-state index contributed by atoms with van der Waals surface area (Å²) in [7, 11) is 4.77. The van der Waals surface area contributed by atoms with Gasteiger partial charge in [-0.3, -0.25) is 4.79 Å². The second-order valence-electron chi connectivity index (χ2n) is 4.85. The van der Waals surface area contributed by atoms with Crippen LogP contribution >= 0.6 is 0 Å². The summed E-state index contributed by atoms with van der Waals surface area (Å²) in [5, 5.41) is 3.00. The van der Waals surface area contributed by atoms with Crippen molar-refractivity contribution >= 4 is 5.91 Å². The summed E-state index contributed by atoms with van der Waals surface area (Å²) in [4.78, 5) is 11.6. The summed E-state index contributed by atoms with van der Waals surface area (Å²) < 4.78 is 16.0. The molecule has 1 aromatic rings. The van der Waals surface area contributed by atoms with Gasteiger partial charge in [-0.05, 0) is 24.1 Å². The van der Waals surface area contributed by atoms with Crippen LogP contribution in [0.15, 0.2) is 12.1 Å². The summed E-state index contributed by atoms with van der Waals surface area (Å²) >= 11 is 0. The van der Waals surface area contributed by atoms with Gasteiger partial charge in [-0.15, -0.1) is 0 Å². The third-order valence-corrected chi connectivity index (χ3v) is 3.79. The van der Waals surface area contributed by atoms with Crippen molar-refractivity contribution in [3.05, 3.63) is 17.7 Å². The van der Waals surface area contributed by atoms with E-state index in [0.29, 0.717) is 23.7 Å². The van der Waals surface area contributed by atoms with Crippen molar-refractivity contribution in [2.75, 3.05) is 21.3 Å². The van der Waals surface area contributed by atoms with E-state index in [1.54, 1.807) is 21.3 Å². The lowest BCUT2D eigenvalue weighted by atomic mass is 9.90. The smallest absolute Gasteiger partial charge is 0.220 e. The van der Waals surface area contributed by atoms with Gasteiger partial charge in [0.25, 0.3) is 0 Å². The molecular formula is C15H21NO4. The van der Waals surface area contributed by atoms with Gasteiger partial charge >= 0.3 is 0 Å². The molecule has 110 valence electrons. The van der Waals surface area contributed by atoms with Crippen molar-refractivity contribution in [1.29, 1.82) is 0 Å². The van der Waals surface area contributed by atoms with Gasteiger partial charge in [0.15, 0.2) is 11.5 Å². The molecule has 1 heterocycles. The van der Waals surface area contributed by atoms with Crippen LogP contribution in [0.5, 0.6) is 17.2 Å². The molecule has 1 aromatic carbocycles. The fraction of sp³-hybridized carbons (Fsp3) is 0.533. The summed E-state index contributed by atoms with van der Waals surface area (Å²) in [5.41, 5.74) is 1.03. The predicted molar refractivity (Wildman–Crippen MR) is 75.7 cm³/mol. The van der Waals surface area contributed by atoms with Gasteiger partial charge in [0.1, 0.15) is 0 Å². The Bertz CT molecular complexity index is 476. The van der Waals surface area contributed by atoms with E-state index < -0.39 is 0 Å². The summed E-state index contributed by atoms with van der Waals surface area (Å²) in [5.74, 6) is 2.05. The summed E-state index contributed by atoms with van der Waals surface area (Å²) in [6, 6.07) is 4.01. The maximum atomic E-state index is 11.6. The minimum absolute atomic E-state index is 0.0931. The van der Waals surface area contributed by atoms with Gasteiger partial charge in [-0.25, -0.2) is 0 Å². The van der Waals surface area contributed by atoms with E-state index in [9.17, 15) is 4.79 Å². The Hall–Kier alpha value is -1.91. The van der Waals surface area contributed by atoms with Crippen LogP contribution in [0.25, 0.3) is 0 Å². The maximum absolute atomic E-state index is 11.6. The highest BCUT2D eigenvalue weighted by Gasteiger charge is 2.33. The Morgan fingerprint density at radius 2 is 1.75 bits per heavy atom. The SMILES string of the molecule is CCC1NC(=O)CC1c1cc(OC)c(OC)c(OC)c1. The molecule has 0 bridgehead atoms. The average molecular weight is 279 g/mol. The molecule has 0 aliphatic carbocycles. The number of nitrogens with one attached hydrogen (secondary N) is 1. The minimum Gasteiger partial charge on any atom is -0.493 e. The number of carbonyl (C=O) groups excluding carboxylic acids is 1. The lowest BCUT2D eigenvalue weighted by molar-refractivity contribution is -0.119. The molecule has 2 rings (SSSR count). The zero-order chi connectivity index (χ0) is 14.7. The Morgan fingerprint density at radius 1 is 1.15 bits per heavy atom. The number of rotatable bonds is 5. The van der Waals surface area contributed by atoms with Crippen LogP contribution in [0.4, 0.5) is 0 Å². The molecule has 2 atom stereocenters. The lowest BCUT2D eigenvalue weighted by Gasteiger charge is -2.20. The highest BCUT2D eigenvalue weighted by Crippen LogP contribution is 2.42. The Labute approximate surface area is 119 Å². The third kappa shape index (κ3) is 2.53. The molecule has 0 spiro atoms. The molecule has 5 nitrogen and oxygen atoms in total. The molecular weight excluding hydrogens is 258 g/mol. The first-order valence-corrected chi connectivity index (χ1v) is 6.73. The van der Waals surface area contributed by atoms with E-state index in [4.69, 9.17) is 14.2 Å². The zero-order valence-electron chi connectivity index (χ0n) is 12.4. The van der Waals surface area contributed by atoms with E-state index >= 15 is 0 Å². The standard InChI is InChI=1S/C15H21NO4/c1-5-11-10(8-14(17)16-11)9-6-12(18-2)15(20-4)13(7-9)19-3/h6-7,10-11H,5,8H2,1-4H3,(H,16,17). The number of ether oxygens (including phenoxy) is 3. The molecule has 0 aromatic heterocycles. The van der Waals surface area contributed by atoms with E-state index in [1.165, 1.54) is 0 Å². The van der Waals surface area contributed by atoms with Crippen molar-refractivity contribution in [2.24, 2.45) is 0 Å². The molecule has 1 fully saturated rings. The van der Waals surface area contributed by atoms with Gasteiger partial charge < -0.3 is 19.5 Å². The molecule has 1 aliphatic rings. The molecule has 1 N–H and O–H groups in total. The van der Waals surface area contributed by atoms with Crippen LogP contribution in [0.2, 0.25) is 0 Å². The molecule has 1 aliphatic heterocycles. The van der Waals surface area contributed by atoms with Gasteiger partial charge in [-0.1, -0.05) is 6.92 Å². The van der Waals surface area contributed by atoms with Crippen molar-refractivity contribution in [3.8, 4) is 17.2 Å². The average Bonchev–Trinajstić information content (AvgIpc) is 2.86. The second kappa shape index (κ2) is 6.03. The van der Waals surface area contributed by atoms with Crippen LogP contribution in [-0.2, 0) is 4.79 Å². The molecule has 0 saturated carbocycles. The first-order valence-electron chi connectivity index (χ1n) is 6.73. The maximum Gasteiger partial charge on any atom is 0.220 e. The summed E-state index contributed by atoms with van der Waals surface area (Å²) in [6.07, 6.45) is 1.39. The van der Waals surface area contributed by atoms with Crippen LogP contribution in [0, 0.1) is 0 Å². The molecule has 2 unspecified atom stereocenters. The van der Waals surface area contributed by atoms with Gasteiger partial charge in [0.05, 0.1) is 21.3 Å². The normalized spacial score (nSPS) is 21.5. The number of benzene rings is 1. The van der Waals surface area contributed by atoms with E-state index in [-0.39, 0.29) is 17.9 Å². The Kier molecular flexibility index (Phi) is 4.37. The highest BCUT2D eigenvalue weighted by molar-refractivity contribution is 5.80. The Balaban J connectivity index is 2.44. The fourth-order valence-corrected chi connectivity index (χ4v) is 2.76. The van der Waals surface area contributed by atoms with Crippen LogP contribution < -0.4 is 19.5 Å². The fourth-order valence-electron chi connectivity index (χ4n) is 2.76. The minimum atomic E-state index is 0.0931. The van der Waals surface area contributed by atoms with Crippen molar-refractivity contribution in [2.45, 2.75) is 31.7 Å². The van der Waals surface area contributed by atoms with Crippen LogP contribution in [-0.4, -0.2) is 33.3 Å². The van der Waals surface area contributed by atoms with E-state index in [2.05, 4.69) is 12.2 Å². The largest absolute Gasteiger partial charge is 0.493 e. The number of hydrogen-bond acceptors (Lipinski definition) is 4. The highest BCUT2D eigenvalue weighted by atomic mass is 16.5. The van der Waals surface area contributed by atoms with Crippen molar-refractivity contribution in [3.63, 3.8) is 0 Å². The number of hydrogen-bond donors (Lipinski definition) is 1. The predicted octanol–water partition coefficient (Wildman–Crippen LogP) is 2.09. The van der Waals surface area contributed by atoms with Crippen LogP contribution in [0.3, 0.4) is 0 Å². The molecule has 20 heavy (non-hydrogen) atoms. The molecule has 5 heteroatoms. The van der Waals surface area contributed by atoms with Gasteiger partial charge in [-0.2, -0.15) is 0 Å². The number of methoxy groups -OCH3 is 3. The third-order valence-electron chi connectivity index (χ3n) is 3.79. The number of amides is 1. The molecule has 1 saturated heterocycles. The quantitative estimate of drug-likeness (QED) is 0.896. The second-order valence-corrected chi connectivity index (χ2v) is 4.85. The number of carbonyl (C=O) groups is 1. The topological polar surface area (TPSA) is 56.8 Å². The first kappa shape index (κ1) is 14.5. The lowest BCUT2D eigenvalue weighted by Crippen LogP contribution is -2.27. The van der Waals surface area contributed by atoms with E-state index in [1.807, 2.05) is 12.1 Å². The zero-order valence-corrected chi connectivity index (χ0v) is 12.4. The van der Waals surface area contributed by atoms with E-state index in [0.717, 1.165) is 12.0 Å². The Morgan fingerprint density at radius 3 is 2.20 bits per heavy atom. The van der Waals surface area contributed by atoms with Crippen molar-refractivity contribution < 1.29 is 19.0 Å².